The van der Waals surface area contributed by atoms with Gasteiger partial charge in [0, 0.05) is 12.7 Å². The second-order valence-electron chi connectivity index (χ2n) is 4.36. The fourth-order valence-corrected chi connectivity index (χ4v) is 2.18. The van der Waals surface area contributed by atoms with Crippen molar-refractivity contribution in [1.82, 2.24) is 19.5 Å². The summed E-state index contributed by atoms with van der Waals surface area (Å²) >= 11 is 0. The molecule has 0 aliphatic rings. The first-order chi connectivity index (χ1) is 10.2. The van der Waals surface area contributed by atoms with Gasteiger partial charge in [-0.1, -0.05) is 0 Å². The third kappa shape index (κ3) is 1.97. The standard InChI is InChI=1S/C13H14N6O2/c1-15-7-3-4-9(21-2)8(5-7)19-12-10(18-13(19)20)11(14)16-6-17-12/h3-6,15H,1-2H3,(H,18,20)(H2,14,16,17). The highest BCUT2D eigenvalue weighted by atomic mass is 16.5. The van der Waals surface area contributed by atoms with Crippen molar-refractivity contribution in [3.05, 3.63) is 35.0 Å². The Kier molecular flexibility index (Phi) is 2.98. The van der Waals surface area contributed by atoms with Crippen molar-refractivity contribution in [3.63, 3.8) is 0 Å². The molecule has 0 aliphatic heterocycles. The molecule has 0 aliphatic carbocycles. The number of anilines is 2. The molecule has 0 amide bonds. The molecule has 0 radical (unpaired) electrons. The third-order valence-electron chi connectivity index (χ3n) is 3.21. The smallest absolute Gasteiger partial charge is 0.332 e. The van der Waals surface area contributed by atoms with E-state index in [1.807, 2.05) is 6.07 Å². The summed E-state index contributed by atoms with van der Waals surface area (Å²) in [7, 11) is 3.34. The first kappa shape index (κ1) is 13.0. The molecule has 1 aromatic carbocycles. The van der Waals surface area contributed by atoms with E-state index in [0.29, 0.717) is 22.6 Å². The van der Waals surface area contributed by atoms with Crippen molar-refractivity contribution in [3.8, 4) is 11.4 Å². The molecule has 0 fully saturated rings. The summed E-state index contributed by atoms with van der Waals surface area (Å²) in [5.74, 6) is 0.772. The second-order valence-corrected chi connectivity index (χ2v) is 4.36. The van der Waals surface area contributed by atoms with Crippen LogP contribution in [0.15, 0.2) is 29.3 Å². The van der Waals surface area contributed by atoms with Crippen molar-refractivity contribution in [1.29, 1.82) is 0 Å². The molecule has 21 heavy (non-hydrogen) atoms. The van der Waals surface area contributed by atoms with Crippen LogP contribution in [0.25, 0.3) is 16.9 Å². The predicted octanol–water partition coefficient (Wildman–Crippen LogP) is 0.741. The summed E-state index contributed by atoms with van der Waals surface area (Å²) in [4.78, 5) is 22.9. The Hall–Kier alpha value is -3.03. The van der Waals surface area contributed by atoms with Crippen LogP contribution in [-0.2, 0) is 0 Å². The van der Waals surface area contributed by atoms with Gasteiger partial charge in [-0.3, -0.25) is 0 Å². The summed E-state index contributed by atoms with van der Waals surface area (Å²) in [5, 5.41) is 3.02. The third-order valence-corrected chi connectivity index (χ3v) is 3.21. The molecule has 2 aromatic heterocycles. The van der Waals surface area contributed by atoms with Crippen LogP contribution in [0.1, 0.15) is 0 Å². The Morgan fingerprint density at radius 2 is 2.19 bits per heavy atom. The van der Waals surface area contributed by atoms with Gasteiger partial charge in [-0.2, -0.15) is 0 Å². The lowest BCUT2D eigenvalue weighted by Gasteiger charge is -2.11. The summed E-state index contributed by atoms with van der Waals surface area (Å²) in [6.07, 6.45) is 1.32. The number of benzene rings is 1. The van der Waals surface area contributed by atoms with Crippen molar-refractivity contribution in [2.24, 2.45) is 0 Å². The van der Waals surface area contributed by atoms with Crippen LogP contribution in [-0.4, -0.2) is 33.7 Å². The summed E-state index contributed by atoms with van der Waals surface area (Å²) < 4.78 is 6.74. The topological polar surface area (TPSA) is 111 Å². The summed E-state index contributed by atoms with van der Waals surface area (Å²) in [6.45, 7) is 0. The maximum absolute atomic E-state index is 12.3. The number of hydrogen-bond acceptors (Lipinski definition) is 6. The second kappa shape index (κ2) is 4.82. The number of aromatic nitrogens is 4. The largest absolute Gasteiger partial charge is 0.495 e. The number of rotatable bonds is 3. The number of aromatic amines is 1. The number of nitrogens with zero attached hydrogens (tertiary/aromatic N) is 3. The maximum Gasteiger partial charge on any atom is 0.332 e. The van der Waals surface area contributed by atoms with Gasteiger partial charge in [-0.25, -0.2) is 19.3 Å². The number of fused-ring (bicyclic) bond motifs is 1. The van der Waals surface area contributed by atoms with Crippen LogP contribution >= 0.6 is 0 Å². The number of hydrogen-bond donors (Lipinski definition) is 3. The van der Waals surface area contributed by atoms with Gasteiger partial charge in [0.15, 0.2) is 11.5 Å². The molecule has 0 saturated carbocycles. The normalized spacial score (nSPS) is 10.8. The van der Waals surface area contributed by atoms with E-state index in [0.717, 1.165) is 5.69 Å². The molecule has 0 unspecified atom stereocenters. The first-order valence-corrected chi connectivity index (χ1v) is 6.23. The Balaban J connectivity index is 2.37. The lowest BCUT2D eigenvalue weighted by atomic mass is 10.2. The molecule has 8 nitrogen and oxygen atoms in total. The van der Waals surface area contributed by atoms with Crippen molar-refractivity contribution >= 4 is 22.7 Å². The molecular formula is C13H14N6O2. The highest BCUT2D eigenvalue weighted by molar-refractivity contribution is 5.83. The number of nitrogen functional groups attached to an aromatic ring is 1. The minimum atomic E-state index is -0.358. The summed E-state index contributed by atoms with van der Waals surface area (Å²) in [5.41, 5.74) is 7.62. The van der Waals surface area contributed by atoms with E-state index < -0.39 is 0 Å². The molecule has 3 aromatic rings. The zero-order valence-corrected chi connectivity index (χ0v) is 11.5. The molecular weight excluding hydrogens is 272 g/mol. The number of ether oxygens (including phenoxy) is 1. The number of H-pyrrole nitrogens is 1. The van der Waals surface area contributed by atoms with E-state index >= 15 is 0 Å². The van der Waals surface area contributed by atoms with Gasteiger partial charge >= 0.3 is 5.69 Å². The van der Waals surface area contributed by atoms with E-state index in [2.05, 4.69) is 20.3 Å². The highest BCUT2D eigenvalue weighted by Gasteiger charge is 2.16. The zero-order valence-electron chi connectivity index (χ0n) is 11.5. The SMILES string of the molecule is CNc1ccc(OC)c(-n2c(=O)[nH]c3c(N)ncnc32)c1. The quantitative estimate of drug-likeness (QED) is 0.655. The van der Waals surface area contributed by atoms with Gasteiger partial charge in [0.1, 0.15) is 17.6 Å². The molecule has 0 spiro atoms. The highest BCUT2D eigenvalue weighted by Crippen LogP contribution is 2.27. The Bertz CT molecular complexity index is 867. The minimum absolute atomic E-state index is 0.222. The van der Waals surface area contributed by atoms with E-state index in [1.165, 1.54) is 10.9 Å². The summed E-state index contributed by atoms with van der Waals surface area (Å²) in [6, 6.07) is 5.42. The van der Waals surface area contributed by atoms with Gasteiger partial charge in [0.2, 0.25) is 0 Å². The average Bonchev–Trinajstić information content (AvgIpc) is 2.84. The fourth-order valence-electron chi connectivity index (χ4n) is 2.18. The molecule has 8 heteroatoms. The number of methoxy groups -OCH3 is 1. The van der Waals surface area contributed by atoms with Crippen LogP contribution in [0.3, 0.4) is 0 Å². The van der Waals surface area contributed by atoms with Gasteiger partial charge < -0.3 is 20.8 Å². The van der Waals surface area contributed by atoms with Gasteiger partial charge in [-0.15, -0.1) is 0 Å². The first-order valence-electron chi connectivity index (χ1n) is 6.23. The van der Waals surface area contributed by atoms with Gasteiger partial charge in [0.05, 0.1) is 12.8 Å². The van der Waals surface area contributed by atoms with Crippen molar-refractivity contribution in [2.45, 2.75) is 0 Å². The molecule has 0 saturated heterocycles. The van der Waals surface area contributed by atoms with Crippen LogP contribution < -0.4 is 21.5 Å². The molecule has 0 bridgehead atoms. The number of nitrogens with one attached hydrogen (secondary N) is 2. The average molecular weight is 286 g/mol. The molecule has 108 valence electrons. The number of imidazole rings is 1. The Labute approximate surface area is 119 Å². The van der Waals surface area contributed by atoms with Crippen LogP contribution in [0, 0.1) is 0 Å². The Morgan fingerprint density at radius 3 is 2.90 bits per heavy atom. The molecule has 3 rings (SSSR count). The minimum Gasteiger partial charge on any atom is -0.495 e. The monoisotopic (exact) mass is 286 g/mol. The predicted molar refractivity (Wildman–Crippen MR) is 80.0 cm³/mol. The molecule has 2 heterocycles. The van der Waals surface area contributed by atoms with Gasteiger partial charge in [-0.05, 0) is 18.2 Å². The zero-order chi connectivity index (χ0) is 15.0. The number of nitrogens with two attached hydrogens (primary N) is 1. The Morgan fingerprint density at radius 1 is 1.38 bits per heavy atom. The van der Waals surface area contributed by atoms with E-state index in [-0.39, 0.29) is 11.5 Å². The van der Waals surface area contributed by atoms with E-state index in [4.69, 9.17) is 10.5 Å². The van der Waals surface area contributed by atoms with Gasteiger partial charge in [0.25, 0.3) is 0 Å². The van der Waals surface area contributed by atoms with Crippen molar-refractivity contribution < 1.29 is 4.74 Å². The maximum atomic E-state index is 12.3. The van der Waals surface area contributed by atoms with Crippen molar-refractivity contribution in [2.75, 3.05) is 25.2 Å². The lowest BCUT2D eigenvalue weighted by Crippen LogP contribution is -2.16. The van der Waals surface area contributed by atoms with E-state index in [1.54, 1.807) is 26.3 Å². The van der Waals surface area contributed by atoms with Crippen LogP contribution in [0.4, 0.5) is 11.5 Å². The molecule has 4 N–H and O–H groups in total. The molecule has 0 atom stereocenters. The lowest BCUT2D eigenvalue weighted by molar-refractivity contribution is 0.413. The van der Waals surface area contributed by atoms with E-state index in [9.17, 15) is 4.79 Å². The van der Waals surface area contributed by atoms with Crippen LogP contribution in [0.2, 0.25) is 0 Å². The van der Waals surface area contributed by atoms with Crippen LogP contribution in [0.5, 0.6) is 5.75 Å². The fraction of sp³-hybridized carbons (Fsp3) is 0.154.